The molecule has 0 aliphatic heterocycles. The standard InChI is InChI=1S/C19H25N2OP/c1-3-17-12-15(6-9-19(17)21-14(2)22)10-11-20-13-16-4-7-18(23)8-5-16/h4-9,12,20H,3,10-11,13,23H2,1-2H3,(H,21,22). The minimum atomic E-state index is -0.0226. The molecule has 0 saturated carbocycles. The van der Waals surface area contributed by atoms with Crippen molar-refractivity contribution in [1.82, 2.24) is 5.32 Å². The van der Waals surface area contributed by atoms with Crippen molar-refractivity contribution in [3.63, 3.8) is 0 Å². The molecule has 0 aliphatic rings. The molecule has 2 N–H and O–H groups in total. The van der Waals surface area contributed by atoms with Crippen molar-refractivity contribution in [3.05, 3.63) is 59.2 Å². The van der Waals surface area contributed by atoms with E-state index in [1.54, 1.807) is 6.92 Å². The Kier molecular flexibility index (Phi) is 6.76. The van der Waals surface area contributed by atoms with Crippen LogP contribution in [0.4, 0.5) is 5.69 Å². The van der Waals surface area contributed by atoms with Crippen molar-refractivity contribution in [1.29, 1.82) is 0 Å². The normalized spacial score (nSPS) is 10.6. The van der Waals surface area contributed by atoms with Gasteiger partial charge in [0.25, 0.3) is 0 Å². The van der Waals surface area contributed by atoms with Gasteiger partial charge in [0.05, 0.1) is 0 Å². The van der Waals surface area contributed by atoms with E-state index in [1.165, 1.54) is 22.0 Å². The van der Waals surface area contributed by atoms with Crippen LogP contribution in [0.2, 0.25) is 0 Å². The number of amides is 1. The number of carbonyl (C=O) groups is 1. The van der Waals surface area contributed by atoms with Gasteiger partial charge in [0.15, 0.2) is 0 Å². The van der Waals surface area contributed by atoms with Crippen LogP contribution in [0, 0.1) is 0 Å². The maximum Gasteiger partial charge on any atom is 0.221 e. The molecular formula is C19H25N2OP. The van der Waals surface area contributed by atoms with Gasteiger partial charge in [-0.2, -0.15) is 0 Å². The lowest BCUT2D eigenvalue weighted by Crippen LogP contribution is -2.17. The molecule has 4 heteroatoms. The van der Waals surface area contributed by atoms with Crippen molar-refractivity contribution in [2.24, 2.45) is 0 Å². The highest BCUT2D eigenvalue weighted by Gasteiger charge is 2.04. The van der Waals surface area contributed by atoms with Crippen LogP contribution in [0.15, 0.2) is 42.5 Å². The topological polar surface area (TPSA) is 41.1 Å². The summed E-state index contributed by atoms with van der Waals surface area (Å²) in [5.74, 6) is -0.0226. The Bertz CT molecular complexity index is 653. The number of hydrogen-bond acceptors (Lipinski definition) is 2. The van der Waals surface area contributed by atoms with Gasteiger partial charge in [-0.15, -0.1) is 9.24 Å². The molecule has 0 radical (unpaired) electrons. The smallest absolute Gasteiger partial charge is 0.221 e. The molecule has 0 aromatic heterocycles. The van der Waals surface area contributed by atoms with Gasteiger partial charge in [-0.25, -0.2) is 0 Å². The molecule has 0 spiro atoms. The fraction of sp³-hybridized carbons (Fsp3) is 0.316. The first-order valence-corrected chi connectivity index (χ1v) is 8.60. The summed E-state index contributed by atoms with van der Waals surface area (Å²) in [6, 6.07) is 14.8. The largest absolute Gasteiger partial charge is 0.326 e. The number of hydrogen-bond donors (Lipinski definition) is 2. The van der Waals surface area contributed by atoms with Crippen molar-refractivity contribution in [3.8, 4) is 0 Å². The molecular weight excluding hydrogens is 303 g/mol. The Labute approximate surface area is 141 Å². The van der Waals surface area contributed by atoms with Gasteiger partial charge in [0.1, 0.15) is 0 Å². The van der Waals surface area contributed by atoms with Crippen LogP contribution in [-0.4, -0.2) is 12.5 Å². The monoisotopic (exact) mass is 328 g/mol. The molecule has 0 fully saturated rings. The van der Waals surface area contributed by atoms with Crippen LogP contribution < -0.4 is 15.9 Å². The lowest BCUT2D eigenvalue weighted by atomic mass is 10.0. The first-order valence-electron chi connectivity index (χ1n) is 8.03. The zero-order chi connectivity index (χ0) is 16.7. The number of carbonyl (C=O) groups excluding carboxylic acids is 1. The van der Waals surface area contributed by atoms with E-state index in [4.69, 9.17) is 0 Å². The Morgan fingerprint density at radius 2 is 1.78 bits per heavy atom. The molecule has 1 unspecified atom stereocenters. The summed E-state index contributed by atoms with van der Waals surface area (Å²) < 4.78 is 0. The number of rotatable bonds is 7. The molecule has 2 aromatic carbocycles. The zero-order valence-electron chi connectivity index (χ0n) is 13.9. The minimum absolute atomic E-state index is 0.0226. The molecule has 2 aromatic rings. The highest BCUT2D eigenvalue weighted by atomic mass is 31.0. The third-order valence-corrected chi connectivity index (χ3v) is 4.15. The van der Waals surface area contributed by atoms with E-state index in [2.05, 4.69) is 63.2 Å². The Morgan fingerprint density at radius 3 is 2.43 bits per heavy atom. The van der Waals surface area contributed by atoms with Crippen LogP contribution in [0.1, 0.15) is 30.5 Å². The van der Waals surface area contributed by atoms with E-state index >= 15 is 0 Å². The van der Waals surface area contributed by atoms with E-state index in [1.807, 2.05) is 6.07 Å². The molecule has 2 rings (SSSR count). The summed E-state index contributed by atoms with van der Waals surface area (Å²) in [5, 5.41) is 7.57. The molecule has 122 valence electrons. The quantitative estimate of drug-likeness (QED) is 0.606. The first kappa shape index (κ1) is 17.7. The molecule has 0 heterocycles. The van der Waals surface area contributed by atoms with Gasteiger partial charge in [-0.3, -0.25) is 4.79 Å². The second kappa shape index (κ2) is 8.81. The van der Waals surface area contributed by atoms with Crippen molar-refractivity contribution < 1.29 is 4.79 Å². The molecule has 0 aliphatic carbocycles. The van der Waals surface area contributed by atoms with E-state index < -0.39 is 0 Å². The fourth-order valence-corrected chi connectivity index (χ4v) is 2.70. The summed E-state index contributed by atoms with van der Waals surface area (Å²) in [5.41, 5.74) is 4.71. The van der Waals surface area contributed by atoms with Crippen LogP contribution in [0.5, 0.6) is 0 Å². The highest BCUT2D eigenvalue weighted by molar-refractivity contribution is 7.27. The Balaban J connectivity index is 1.85. The second-order valence-corrected chi connectivity index (χ2v) is 6.36. The summed E-state index contributed by atoms with van der Waals surface area (Å²) in [4.78, 5) is 11.2. The summed E-state index contributed by atoms with van der Waals surface area (Å²) in [7, 11) is 2.70. The number of nitrogens with one attached hydrogen (secondary N) is 2. The predicted molar refractivity (Wildman–Crippen MR) is 101 cm³/mol. The summed E-state index contributed by atoms with van der Waals surface area (Å²) >= 11 is 0. The molecule has 1 amide bonds. The Morgan fingerprint density at radius 1 is 1.09 bits per heavy atom. The van der Waals surface area contributed by atoms with Crippen molar-refractivity contribution in [2.45, 2.75) is 33.2 Å². The van der Waals surface area contributed by atoms with Crippen LogP contribution in [0.25, 0.3) is 0 Å². The number of benzene rings is 2. The van der Waals surface area contributed by atoms with Crippen LogP contribution >= 0.6 is 9.24 Å². The molecule has 0 bridgehead atoms. The van der Waals surface area contributed by atoms with Gasteiger partial charge >= 0.3 is 0 Å². The first-order chi connectivity index (χ1) is 11.1. The summed E-state index contributed by atoms with van der Waals surface area (Å²) in [6.07, 6.45) is 1.90. The summed E-state index contributed by atoms with van der Waals surface area (Å²) in [6.45, 7) is 5.47. The lowest BCUT2D eigenvalue weighted by molar-refractivity contribution is -0.114. The van der Waals surface area contributed by atoms with Gasteiger partial charge < -0.3 is 10.6 Å². The SMILES string of the molecule is CCc1cc(CCNCc2ccc(P)cc2)ccc1NC(C)=O. The third-order valence-electron chi connectivity index (χ3n) is 3.76. The van der Waals surface area contributed by atoms with E-state index in [9.17, 15) is 4.79 Å². The molecule has 23 heavy (non-hydrogen) atoms. The predicted octanol–water partition coefficient (Wildman–Crippen LogP) is 3.04. The zero-order valence-corrected chi connectivity index (χ0v) is 15.0. The maximum absolute atomic E-state index is 11.2. The number of aryl methyl sites for hydroxylation is 1. The molecule has 3 nitrogen and oxygen atoms in total. The van der Waals surface area contributed by atoms with Gasteiger partial charge in [-0.05, 0) is 47.4 Å². The van der Waals surface area contributed by atoms with E-state index in [0.29, 0.717) is 0 Å². The molecule has 1 atom stereocenters. The number of anilines is 1. The highest BCUT2D eigenvalue weighted by Crippen LogP contribution is 2.18. The second-order valence-electron chi connectivity index (χ2n) is 5.69. The van der Waals surface area contributed by atoms with Gasteiger partial charge in [-0.1, -0.05) is 43.3 Å². The maximum atomic E-state index is 11.2. The van der Waals surface area contributed by atoms with Gasteiger partial charge in [0.2, 0.25) is 5.91 Å². The van der Waals surface area contributed by atoms with Crippen molar-refractivity contribution >= 4 is 26.1 Å². The third kappa shape index (κ3) is 5.78. The average molecular weight is 328 g/mol. The van der Waals surface area contributed by atoms with E-state index in [0.717, 1.165) is 31.6 Å². The lowest BCUT2D eigenvalue weighted by Gasteiger charge is -2.11. The fourth-order valence-electron chi connectivity index (χ4n) is 2.51. The van der Waals surface area contributed by atoms with E-state index in [-0.39, 0.29) is 5.91 Å². The van der Waals surface area contributed by atoms with Gasteiger partial charge in [0, 0.05) is 19.2 Å². The van der Waals surface area contributed by atoms with Crippen LogP contribution in [-0.2, 0) is 24.2 Å². The minimum Gasteiger partial charge on any atom is -0.326 e. The average Bonchev–Trinajstić information content (AvgIpc) is 2.54. The molecule has 0 saturated heterocycles. The Hall–Kier alpha value is -1.70. The van der Waals surface area contributed by atoms with Crippen molar-refractivity contribution in [2.75, 3.05) is 11.9 Å². The van der Waals surface area contributed by atoms with Crippen LogP contribution in [0.3, 0.4) is 0 Å².